The Balaban J connectivity index is 2.60. The van der Waals surface area contributed by atoms with E-state index in [4.69, 9.17) is 4.42 Å². The summed E-state index contributed by atoms with van der Waals surface area (Å²) < 4.78 is 5.59. The van der Waals surface area contributed by atoms with Crippen LogP contribution in [0.3, 0.4) is 0 Å². The molecule has 0 saturated carbocycles. The molecule has 1 unspecified atom stereocenters. The molecular weight excluding hydrogens is 268 g/mol. The summed E-state index contributed by atoms with van der Waals surface area (Å²) in [5, 5.41) is 12.1. The lowest BCUT2D eigenvalue weighted by atomic mass is 10.0. The zero-order valence-corrected chi connectivity index (χ0v) is 13.6. The van der Waals surface area contributed by atoms with Crippen LogP contribution in [0.1, 0.15) is 50.4 Å². The van der Waals surface area contributed by atoms with E-state index in [0.717, 1.165) is 25.3 Å². The smallest absolute Gasteiger partial charge is 0.287 e. The highest BCUT2D eigenvalue weighted by molar-refractivity contribution is 5.91. The molecule has 0 bridgehead atoms. The standard InChI is InChI=1S/C16H28N2O3/c1-5-18(6-2)10-14-7-8-15(21-14)16(20)17-13(11-19)9-12(3)4/h7-8,12-13,19H,5-6,9-11H2,1-4H3,(H,17,20). The van der Waals surface area contributed by atoms with E-state index < -0.39 is 0 Å². The zero-order valence-electron chi connectivity index (χ0n) is 13.6. The number of nitrogens with one attached hydrogen (secondary N) is 1. The van der Waals surface area contributed by atoms with E-state index in [1.807, 2.05) is 6.07 Å². The first-order valence-corrected chi connectivity index (χ1v) is 7.72. The first-order valence-electron chi connectivity index (χ1n) is 7.72. The molecule has 0 aromatic carbocycles. The van der Waals surface area contributed by atoms with Crippen molar-refractivity contribution in [2.45, 2.75) is 46.7 Å². The van der Waals surface area contributed by atoms with Crippen LogP contribution in [0.25, 0.3) is 0 Å². The van der Waals surface area contributed by atoms with Gasteiger partial charge in [-0.3, -0.25) is 9.69 Å². The summed E-state index contributed by atoms with van der Waals surface area (Å²) in [6.45, 7) is 10.8. The number of aliphatic hydroxyl groups is 1. The number of carbonyl (C=O) groups is 1. The molecule has 1 atom stereocenters. The van der Waals surface area contributed by atoms with Crippen LogP contribution in [0.15, 0.2) is 16.5 Å². The van der Waals surface area contributed by atoms with E-state index in [1.54, 1.807) is 6.07 Å². The monoisotopic (exact) mass is 296 g/mol. The van der Waals surface area contributed by atoms with Gasteiger partial charge in [0, 0.05) is 0 Å². The lowest BCUT2D eigenvalue weighted by Crippen LogP contribution is -2.38. The molecule has 0 radical (unpaired) electrons. The van der Waals surface area contributed by atoms with Crippen LogP contribution in [0.4, 0.5) is 0 Å². The van der Waals surface area contributed by atoms with Gasteiger partial charge in [-0.2, -0.15) is 0 Å². The predicted molar refractivity (Wildman–Crippen MR) is 83.1 cm³/mol. The molecule has 5 heteroatoms. The average molecular weight is 296 g/mol. The molecule has 0 aliphatic carbocycles. The number of aliphatic hydroxyl groups excluding tert-OH is 1. The van der Waals surface area contributed by atoms with Gasteiger partial charge in [0.05, 0.1) is 19.2 Å². The highest BCUT2D eigenvalue weighted by atomic mass is 16.4. The van der Waals surface area contributed by atoms with Crippen molar-refractivity contribution in [3.63, 3.8) is 0 Å². The van der Waals surface area contributed by atoms with Crippen LogP contribution in [-0.4, -0.2) is 41.7 Å². The fourth-order valence-corrected chi connectivity index (χ4v) is 2.26. The summed E-state index contributed by atoms with van der Waals surface area (Å²) >= 11 is 0. The third kappa shape index (κ3) is 5.89. The number of nitrogens with zero attached hydrogens (tertiary/aromatic N) is 1. The van der Waals surface area contributed by atoms with Gasteiger partial charge in [0.25, 0.3) is 5.91 Å². The third-order valence-electron chi connectivity index (χ3n) is 3.47. The van der Waals surface area contributed by atoms with E-state index in [1.165, 1.54) is 0 Å². The lowest BCUT2D eigenvalue weighted by Gasteiger charge is -2.17. The average Bonchev–Trinajstić information content (AvgIpc) is 2.92. The predicted octanol–water partition coefficient (Wildman–Crippen LogP) is 2.26. The van der Waals surface area contributed by atoms with E-state index >= 15 is 0 Å². The van der Waals surface area contributed by atoms with Crippen LogP contribution in [0.2, 0.25) is 0 Å². The van der Waals surface area contributed by atoms with Gasteiger partial charge in [0.1, 0.15) is 5.76 Å². The van der Waals surface area contributed by atoms with Gasteiger partial charge in [-0.15, -0.1) is 0 Å². The van der Waals surface area contributed by atoms with Crippen molar-refractivity contribution in [1.29, 1.82) is 0 Å². The fraction of sp³-hybridized carbons (Fsp3) is 0.688. The number of hydrogen-bond donors (Lipinski definition) is 2. The minimum Gasteiger partial charge on any atom is -0.455 e. The summed E-state index contributed by atoms with van der Waals surface area (Å²) in [5.74, 6) is 1.24. The molecule has 0 fully saturated rings. The number of hydrogen-bond acceptors (Lipinski definition) is 4. The van der Waals surface area contributed by atoms with Gasteiger partial charge in [-0.1, -0.05) is 27.7 Å². The topological polar surface area (TPSA) is 65.7 Å². The van der Waals surface area contributed by atoms with Crippen LogP contribution in [0, 0.1) is 5.92 Å². The quantitative estimate of drug-likeness (QED) is 0.733. The third-order valence-corrected chi connectivity index (χ3v) is 3.47. The van der Waals surface area contributed by atoms with Crippen LogP contribution < -0.4 is 5.32 Å². The number of amides is 1. The second-order valence-electron chi connectivity index (χ2n) is 5.71. The first kappa shape index (κ1) is 17.7. The van der Waals surface area contributed by atoms with Crippen LogP contribution in [0.5, 0.6) is 0 Å². The lowest BCUT2D eigenvalue weighted by molar-refractivity contribution is 0.0876. The maximum absolute atomic E-state index is 12.1. The first-order chi connectivity index (χ1) is 9.99. The Morgan fingerprint density at radius 2 is 2.00 bits per heavy atom. The van der Waals surface area contributed by atoms with Gasteiger partial charge < -0.3 is 14.8 Å². The highest BCUT2D eigenvalue weighted by Gasteiger charge is 2.17. The van der Waals surface area contributed by atoms with Crippen LogP contribution >= 0.6 is 0 Å². The number of rotatable bonds is 9. The van der Waals surface area contributed by atoms with Gasteiger partial charge in [-0.25, -0.2) is 0 Å². The Morgan fingerprint density at radius 1 is 1.33 bits per heavy atom. The summed E-state index contributed by atoms with van der Waals surface area (Å²) in [6, 6.07) is 3.30. The summed E-state index contributed by atoms with van der Waals surface area (Å²) in [6.07, 6.45) is 0.745. The Morgan fingerprint density at radius 3 is 2.52 bits per heavy atom. The Bertz CT molecular complexity index is 425. The maximum atomic E-state index is 12.1. The Labute approximate surface area is 127 Å². The van der Waals surface area contributed by atoms with Crippen molar-refractivity contribution in [2.75, 3.05) is 19.7 Å². The van der Waals surface area contributed by atoms with Crippen molar-refractivity contribution < 1.29 is 14.3 Å². The molecule has 1 aromatic rings. The molecule has 0 aliphatic rings. The number of furan rings is 1. The molecule has 1 aromatic heterocycles. The van der Waals surface area contributed by atoms with Crippen molar-refractivity contribution in [2.24, 2.45) is 5.92 Å². The molecule has 1 amide bonds. The molecule has 2 N–H and O–H groups in total. The highest BCUT2D eigenvalue weighted by Crippen LogP contribution is 2.12. The minimum absolute atomic E-state index is 0.0586. The molecular formula is C16H28N2O3. The maximum Gasteiger partial charge on any atom is 0.287 e. The zero-order chi connectivity index (χ0) is 15.8. The van der Waals surface area contributed by atoms with Crippen molar-refractivity contribution in [3.8, 4) is 0 Å². The van der Waals surface area contributed by atoms with E-state index in [2.05, 4.69) is 37.9 Å². The Hall–Kier alpha value is -1.33. The second kappa shape index (κ2) is 8.85. The van der Waals surface area contributed by atoms with Crippen LogP contribution in [-0.2, 0) is 6.54 Å². The molecule has 1 heterocycles. The van der Waals surface area contributed by atoms with Crippen molar-refractivity contribution in [3.05, 3.63) is 23.7 Å². The molecule has 1 rings (SSSR count). The summed E-state index contributed by atoms with van der Waals surface area (Å²) in [4.78, 5) is 14.3. The van der Waals surface area contributed by atoms with Crippen molar-refractivity contribution in [1.82, 2.24) is 10.2 Å². The number of carbonyl (C=O) groups excluding carboxylic acids is 1. The van der Waals surface area contributed by atoms with Gasteiger partial charge in [0.15, 0.2) is 5.76 Å². The molecule has 0 spiro atoms. The van der Waals surface area contributed by atoms with Gasteiger partial charge in [-0.05, 0) is 37.6 Å². The molecule has 5 nitrogen and oxygen atoms in total. The van der Waals surface area contributed by atoms with E-state index in [0.29, 0.717) is 18.2 Å². The van der Waals surface area contributed by atoms with Gasteiger partial charge in [0.2, 0.25) is 0 Å². The minimum atomic E-state index is -0.263. The molecule has 0 saturated heterocycles. The van der Waals surface area contributed by atoms with E-state index in [-0.39, 0.29) is 18.6 Å². The van der Waals surface area contributed by atoms with E-state index in [9.17, 15) is 9.90 Å². The largest absolute Gasteiger partial charge is 0.455 e. The SMILES string of the molecule is CCN(CC)Cc1ccc(C(=O)NC(CO)CC(C)C)o1. The normalized spacial score (nSPS) is 12.9. The Kier molecular flexibility index (Phi) is 7.47. The van der Waals surface area contributed by atoms with Gasteiger partial charge >= 0.3 is 0 Å². The van der Waals surface area contributed by atoms with Crippen molar-refractivity contribution >= 4 is 5.91 Å². The summed E-state index contributed by atoms with van der Waals surface area (Å²) in [7, 11) is 0. The summed E-state index contributed by atoms with van der Waals surface area (Å²) in [5.41, 5.74) is 0. The molecule has 120 valence electrons. The fourth-order valence-electron chi connectivity index (χ4n) is 2.26. The molecule has 0 aliphatic heterocycles. The molecule has 21 heavy (non-hydrogen) atoms. The second-order valence-corrected chi connectivity index (χ2v) is 5.71.